The van der Waals surface area contributed by atoms with E-state index >= 15 is 0 Å². The molecular weight excluding hydrogens is 170 g/mol. The summed E-state index contributed by atoms with van der Waals surface area (Å²) in [6, 6.07) is 0. The van der Waals surface area contributed by atoms with E-state index in [1.165, 1.54) is 0 Å². The SMILES string of the molecule is CC(C)CCN1CCOC(=O)C1=O. The highest BCUT2D eigenvalue weighted by atomic mass is 16.5. The second kappa shape index (κ2) is 4.25. The van der Waals surface area contributed by atoms with Gasteiger partial charge in [0.2, 0.25) is 0 Å². The van der Waals surface area contributed by atoms with E-state index < -0.39 is 11.9 Å². The van der Waals surface area contributed by atoms with Crippen molar-refractivity contribution in [2.75, 3.05) is 19.7 Å². The zero-order chi connectivity index (χ0) is 9.84. The number of carbonyl (C=O) groups is 2. The molecule has 0 atom stereocenters. The zero-order valence-electron chi connectivity index (χ0n) is 8.08. The largest absolute Gasteiger partial charge is 0.457 e. The molecule has 0 aromatic carbocycles. The van der Waals surface area contributed by atoms with Gasteiger partial charge in [0, 0.05) is 6.54 Å². The number of amides is 1. The number of esters is 1. The van der Waals surface area contributed by atoms with Gasteiger partial charge < -0.3 is 9.64 Å². The van der Waals surface area contributed by atoms with E-state index in [0.717, 1.165) is 6.42 Å². The van der Waals surface area contributed by atoms with Crippen molar-refractivity contribution in [3.8, 4) is 0 Å². The summed E-state index contributed by atoms with van der Waals surface area (Å²) < 4.78 is 4.60. The first-order valence-electron chi connectivity index (χ1n) is 4.57. The third-order valence-corrected chi connectivity index (χ3v) is 2.03. The molecule has 0 bridgehead atoms. The average molecular weight is 185 g/mol. The van der Waals surface area contributed by atoms with Gasteiger partial charge in [-0.15, -0.1) is 0 Å². The first-order chi connectivity index (χ1) is 6.11. The zero-order valence-corrected chi connectivity index (χ0v) is 8.08. The number of morpholine rings is 1. The second-order valence-corrected chi connectivity index (χ2v) is 3.61. The first-order valence-corrected chi connectivity index (χ1v) is 4.57. The summed E-state index contributed by atoms with van der Waals surface area (Å²) in [6.45, 7) is 5.71. The molecule has 0 radical (unpaired) electrons. The average Bonchev–Trinajstić information content (AvgIpc) is 2.07. The summed E-state index contributed by atoms with van der Waals surface area (Å²) in [5.41, 5.74) is 0. The molecule has 0 aliphatic carbocycles. The molecule has 4 heteroatoms. The lowest BCUT2D eigenvalue weighted by Crippen LogP contribution is -2.45. The van der Waals surface area contributed by atoms with Gasteiger partial charge in [0.1, 0.15) is 6.61 Å². The van der Waals surface area contributed by atoms with Gasteiger partial charge >= 0.3 is 11.9 Å². The molecule has 0 unspecified atom stereocenters. The van der Waals surface area contributed by atoms with Gasteiger partial charge in [-0.1, -0.05) is 13.8 Å². The van der Waals surface area contributed by atoms with Crippen molar-refractivity contribution >= 4 is 11.9 Å². The molecule has 0 saturated carbocycles. The van der Waals surface area contributed by atoms with Crippen LogP contribution in [0.25, 0.3) is 0 Å². The Bertz CT molecular complexity index is 213. The van der Waals surface area contributed by atoms with Crippen LogP contribution in [0.4, 0.5) is 0 Å². The highest BCUT2D eigenvalue weighted by Crippen LogP contribution is 2.05. The number of hydrogen-bond donors (Lipinski definition) is 0. The number of rotatable bonds is 3. The fourth-order valence-corrected chi connectivity index (χ4v) is 1.17. The van der Waals surface area contributed by atoms with Gasteiger partial charge in [0.15, 0.2) is 0 Å². The monoisotopic (exact) mass is 185 g/mol. The van der Waals surface area contributed by atoms with E-state index in [2.05, 4.69) is 18.6 Å². The molecule has 74 valence electrons. The van der Waals surface area contributed by atoms with Crippen LogP contribution in [0.1, 0.15) is 20.3 Å². The van der Waals surface area contributed by atoms with Crippen molar-refractivity contribution < 1.29 is 14.3 Å². The summed E-state index contributed by atoms with van der Waals surface area (Å²) in [4.78, 5) is 23.6. The second-order valence-electron chi connectivity index (χ2n) is 3.61. The first kappa shape index (κ1) is 10.0. The van der Waals surface area contributed by atoms with Crippen LogP contribution in [-0.2, 0) is 14.3 Å². The summed E-state index contributed by atoms with van der Waals surface area (Å²) in [6.07, 6.45) is 0.930. The number of cyclic esters (lactones) is 1. The highest BCUT2D eigenvalue weighted by molar-refractivity contribution is 6.32. The number of carbonyl (C=O) groups excluding carboxylic acids is 2. The Kier molecular flexibility index (Phi) is 3.28. The normalized spacial score (nSPS) is 17.9. The maximum Gasteiger partial charge on any atom is 0.397 e. The Balaban J connectivity index is 2.40. The van der Waals surface area contributed by atoms with Gasteiger partial charge in [0.25, 0.3) is 0 Å². The van der Waals surface area contributed by atoms with Gasteiger partial charge in [-0.2, -0.15) is 0 Å². The highest BCUT2D eigenvalue weighted by Gasteiger charge is 2.27. The maximum atomic E-state index is 11.2. The lowest BCUT2D eigenvalue weighted by molar-refractivity contribution is -0.166. The molecule has 1 rings (SSSR count). The summed E-state index contributed by atoms with van der Waals surface area (Å²) in [5, 5.41) is 0. The van der Waals surface area contributed by atoms with E-state index in [-0.39, 0.29) is 0 Å². The molecule has 4 nitrogen and oxygen atoms in total. The van der Waals surface area contributed by atoms with Crippen molar-refractivity contribution in [1.29, 1.82) is 0 Å². The van der Waals surface area contributed by atoms with Crippen LogP contribution in [0.5, 0.6) is 0 Å². The number of nitrogens with zero attached hydrogens (tertiary/aromatic N) is 1. The Labute approximate surface area is 77.8 Å². The molecule has 0 aromatic heterocycles. The third-order valence-electron chi connectivity index (χ3n) is 2.03. The van der Waals surface area contributed by atoms with Crippen LogP contribution in [0.3, 0.4) is 0 Å². The number of hydrogen-bond acceptors (Lipinski definition) is 3. The molecule has 1 saturated heterocycles. The van der Waals surface area contributed by atoms with Crippen molar-refractivity contribution in [3.05, 3.63) is 0 Å². The van der Waals surface area contributed by atoms with Gasteiger partial charge in [-0.05, 0) is 12.3 Å². The van der Waals surface area contributed by atoms with Crippen LogP contribution in [0.15, 0.2) is 0 Å². The smallest absolute Gasteiger partial charge is 0.397 e. The molecule has 1 fully saturated rings. The molecule has 0 N–H and O–H groups in total. The van der Waals surface area contributed by atoms with Crippen LogP contribution in [0.2, 0.25) is 0 Å². The molecule has 13 heavy (non-hydrogen) atoms. The Hall–Kier alpha value is -1.06. The lowest BCUT2D eigenvalue weighted by Gasteiger charge is -2.26. The van der Waals surface area contributed by atoms with Crippen molar-refractivity contribution in [3.63, 3.8) is 0 Å². The topological polar surface area (TPSA) is 46.6 Å². The molecule has 0 aromatic rings. The van der Waals surface area contributed by atoms with E-state index in [1.807, 2.05) is 0 Å². The minimum absolute atomic E-state index is 0.336. The van der Waals surface area contributed by atoms with E-state index in [1.54, 1.807) is 4.90 Å². The van der Waals surface area contributed by atoms with Crippen LogP contribution in [-0.4, -0.2) is 36.5 Å². The number of ether oxygens (including phenoxy) is 1. The van der Waals surface area contributed by atoms with Crippen molar-refractivity contribution in [2.45, 2.75) is 20.3 Å². The summed E-state index contributed by atoms with van der Waals surface area (Å²) in [7, 11) is 0. The fraction of sp³-hybridized carbons (Fsp3) is 0.778. The van der Waals surface area contributed by atoms with Crippen LogP contribution < -0.4 is 0 Å². The minimum atomic E-state index is -0.713. The van der Waals surface area contributed by atoms with E-state index in [0.29, 0.717) is 25.6 Å². The Morgan fingerprint density at radius 1 is 1.46 bits per heavy atom. The predicted molar refractivity (Wildman–Crippen MR) is 47.0 cm³/mol. The quantitative estimate of drug-likeness (QED) is 0.473. The van der Waals surface area contributed by atoms with Gasteiger partial charge in [-0.25, -0.2) is 4.79 Å². The van der Waals surface area contributed by atoms with Crippen LogP contribution >= 0.6 is 0 Å². The molecular formula is C9H15NO3. The molecule has 1 aliphatic heterocycles. The van der Waals surface area contributed by atoms with Crippen LogP contribution in [0, 0.1) is 5.92 Å². The molecule has 0 spiro atoms. The van der Waals surface area contributed by atoms with E-state index in [4.69, 9.17) is 0 Å². The van der Waals surface area contributed by atoms with Gasteiger partial charge in [0.05, 0.1) is 6.54 Å². The van der Waals surface area contributed by atoms with E-state index in [9.17, 15) is 9.59 Å². The molecule has 1 aliphatic rings. The summed E-state index contributed by atoms with van der Waals surface area (Å²) >= 11 is 0. The molecule has 1 amide bonds. The molecule has 1 heterocycles. The van der Waals surface area contributed by atoms with Crippen molar-refractivity contribution in [1.82, 2.24) is 4.90 Å². The fourth-order valence-electron chi connectivity index (χ4n) is 1.17. The van der Waals surface area contributed by atoms with Gasteiger partial charge in [-0.3, -0.25) is 4.79 Å². The summed E-state index contributed by atoms with van der Waals surface area (Å²) in [5.74, 6) is -0.660. The Morgan fingerprint density at radius 3 is 2.77 bits per heavy atom. The minimum Gasteiger partial charge on any atom is -0.457 e. The maximum absolute atomic E-state index is 11.2. The third kappa shape index (κ3) is 2.72. The van der Waals surface area contributed by atoms with Crippen molar-refractivity contribution in [2.24, 2.45) is 5.92 Å². The predicted octanol–water partition coefficient (Wildman–Crippen LogP) is 0.418. The lowest BCUT2D eigenvalue weighted by atomic mass is 10.1. The standard InChI is InChI=1S/C9H15NO3/c1-7(2)3-4-10-5-6-13-9(12)8(10)11/h7H,3-6H2,1-2H3. The Morgan fingerprint density at radius 2 is 2.15 bits per heavy atom.